The smallest absolute Gasteiger partial charge is 0.248 e. The number of halogens is 10. The van der Waals surface area contributed by atoms with E-state index in [4.69, 9.17) is 0 Å². The summed E-state index contributed by atoms with van der Waals surface area (Å²) >= 11 is 0. The molecule has 6 N–H and O–H groups in total. The third-order valence-electron chi connectivity index (χ3n) is 31.2. The minimum Gasteiger partial charge on any atom is -0.393 e. The van der Waals surface area contributed by atoms with Crippen molar-refractivity contribution in [2.45, 2.75) is 302 Å². The minimum absolute atomic E-state index is 0.0399. The van der Waals surface area contributed by atoms with Gasteiger partial charge in [0.2, 0.25) is 35.6 Å². The predicted molar refractivity (Wildman–Crippen MR) is 486 cm³/mol. The van der Waals surface area contributed by atoms with E-state index in [-0.39, 0.29) is 123 Å². The first-order chi connectivity index (χ1) is 65.7. The third-order valence-corrected chi connectivity index (χ3v) is 31.2. The number of alkyl halides is 8. The molecule has 6 saturated carbocycles. The van der Waals surface area contributed by atoms with Crippen LogP contribution in [0.3, 0.4) is 0 Å². The molecule has 12 atom stereocenters. The molecule has 6 aliphatic carbocycles. The largest absolute Gasteiger partial charge is 0.393 e. The van der Waals surface area contributed by atoms with Gasteiger partial charge in [-0.05, 0) is 197 Å². The number of imidazole rings is 6. The monoisotopic (exact) mass is 1880 g/mol. The van der Waals surface area contributed by atoms with Gasteiger partial charge in [-0.1, -0.05) is 38.5 Å². The van der Waals surface area contributed by atoms with Gasteiger partial charge in [0.15, 0.2) is 0 Å². The number of fused-ring (bicyclic) bond motifs is 18. The normalized spacial score (nSPS) is 23.6. The molecule has 0 radical (unpaired) electrons. The Hall–Kier alpha value is -10.8. The van der Waals surface area contributed by atoms with Crippen LogP contribution in [0.1, 0.15) is 276 Å². The lowest BCUT2D eigenvalue weighted by Crippen LogP contribution is -2.32. The summed E-state index contributed by atoms with van der Waals surface area (Å²) in [7, 11) is 0. The summed E-state index contributed by atoms with van der Waals surface area (Å²) < 4.78 is 146. The van der Waals surface area contributed by atoms with E-state index in [1.807, 2.05) is 75.9 Å². The Morgan fingerprint density at radius 2 is 0.471 bits per heavy atom. The highest BCUT2D eigenvalue weighted by atomic mass is 19.3. The number of hydrogen-bond donors (Lipinski definition) is 6. The third kappa shape index (κ3) is 20.0. The van der Waals surface area contributed by atoms with Gasteiger partial charge in [0.05, 0.1) is 205 Å². The van der Waals surface area contributed by atoms with Crippen LogP contribution in [0, 0.1) is 47.4 Å². The predicted octanol–water partition coefficient (Wildman–Crippen LogP) is 20.3. The van der Waals surface area contributed by atoms with Crippen LogP contribution in [0.5, 0.6) is 0 Å². The molecule has 0 saturated heterocycles. The molecule has 0 aromatic carbocycles. The fourth-order valence-electron chi connectivity index (χ4n) is 23.6. The molecule has 24 nitrogen and oxygen atoms in total. The van der Waals surface area contributed by atoms with Gasteiger partial charge >= 0.3 is 0 Å². The van der Waals surface area contributed by atoms with Gasteiger partial charge in [-0.3, -0.25) is 19.9 Å². The van der Waals surface area contributed by atoms with Crippen molar-refractivity contribution < 1.29 is 74.5 Å². The van der Waals surface area contributed by atoms with Crippen LogP contribution in [0.15, 0.2) is 173 Å². The van der Waals surface area contributed by atoms with E-state index in [1.54, 1.807) is 112 Å². The van der Waals surface area contributed by atoms with Crippen LogP contribution in [0.4, 0.5) is 43.9 Å². The molecule has 34 heteroatoms. The summed E-state index contributed by atoms with van der Waals surface area (Å²) in [4.78, 5) is 50.5. The molecule has 6 aliphatic heterocycles. The molecule has 18 heterocycles. The Balaban J connectivity index is 0.000000105. The van der Waals surface area contributed by atoms with Crippen molar-refractivity contribution >= 4 is 0 Å². The highest BCUT2D eigenvalue weighted by molar-refractivity contribution is 5.72. The lowest BCUT2D eigenvalue weighted by molar-refractivity contribution is -0.0646. The number of rotatable bonds is 18. The van der Waals surface area contributed by atoms with Crippen LogP contribution in [-0.2, 0) is 0 Å². The lowest BCUT2D eigenvalue weighted by atomic mass is 9.81. The second-order valence-corrected chi connectivity index (χ2v) is 39.5. The number of hydrogen-bond acceptors (Lipinski definition) is 18. The summed E-state index contributed by atoms with van der Waals surface area (Å²) in [5, 5.41) is 63.6. The van der Waals surface area contributed by atoms with Gasteiger partial charge in [-0.2, -0.15) is 8.78 Å². The average Bonchev–Trinajstić information content (AvgIpc) is 1.56. The van der Waals surface area contributed by atoms with Gasteiger partial charge in [0, 0.05) is 148 Å². The molecule has 12 aromatic rings. The topological polar surface area (TPSA) is 306 Å². The number of nitrogens with zero attached hydrogens (tertiary/aromatic N) is 18. The highest BCUT2D eigenvalue weighted by Crippen LogP contribution is 2.52. The van der Waals surface area contributed by atoms with Crippen molar-refractivity contribution in [3.63, 3.8) is 0 Å². The van der Waals surface area contributed by atoms with E-state index in [9.17, 15) is 74.5 Å². The fraction of sp³-hybridized carbons (Fsp3) is 0.529. The average molecular weight is 1880 g/mol. The zero-order chi connectivity index (χ0) is 94.3. The van der Waals surface area contributed by atoms with Crippen molar-refractivity contribution in [3.8, 4) is 67.5 Å². The molecular formula is C102H116F10N18O6. The highest BCUT2D eigenvalue weighted by Gasteiger charge is 2.46. The van der Waals surface area contributed by atoms with Crippen LogP contribution >= 0.6 is 0 Å². The number of aliphatic hydroxyl groups is 6. The maximum absolute atomic E-state index is 13.6. The number of pyridine rings is 6. The molecule has 0 bridgehead atoms. The van der Waals surface area contributed by atoms with E-state index in [1.165, 1.54) is 50.7 Å². The Bertz CT molecular complexity index is 5440. The molecular weight excluding hydrogens is 1760 g/mol. The molecule has 136 heavy (non-hydrogen) atoms. The summed E-state index contributed by atoms with van der Waals surface area (Å²) in [5.41, 5.74) is 17.5. The Morgan fingerprint density at radius 3 is 0.706 bits per heavy atom. The van der Waals surface area contributed by atoms with Crippen molar-refractivity contribution in [3.05, 3.63) is 219 Å². The van der Waals surface area contributed by atoms with E-state index in [2.05, 4.69) is 59.8 Å². The quantitative estimate of drug-likeness (QED) is 0.0343. The molecule has 6 fully saturated rings. The first kappa shape index (κ1) is 94.2. The van der Waals surface area contributed by atoms with Gasteiger partial charge in [0.1, 0.15) is 0 Å². The molecule has 0 amide bonds. The van der Waals surface area contributed by atoms with Crippen LogP contribution in [0.25, 0.3) is 67.5 Å². The van der Waals surface area contributed by atoms with Gasteiger partial charge < -0.3 is 58.0 Å². The first-order valence-electron chi connectivity index (χ1n) is 48.5. The summed E-state index contributed by atoms with van der Waals surface area (Å²) in [6.07, 6.45) is 45.4. The summed E-state index contributed by atoms with van der Waals surface area (Å²) in [6.45, 7) is 0. The zero-order valence-corrected chi connectivity index (χ0v) is 75.7. The van der Waals surface area contributed by atoms with E-state index in [0.29, 0.717) is 102 Å². The molecule has 0 spiro atoms. The first-order valence-corrected chi connectivity index (χ1v) is 48.5. The molecule has 12 unspecified atom stereocenters. The van der Waals surface area contributed by atoms with Crippen LogP contribution < -0.4 is 0 Å². The second-order valence-electron chi connectivity index (χ2n) is 39.5. The Labute approximate surface area is 781 Å². The molecule has 12 aliphatic rings. The number of aliphatic hydroxyl groups excluding tert-OH is 6. The van der Waals surface area contributed by atoms with Gasteiger partial charge in [0.25, 0.3) is 0 Å². The van der Waals surface area contributed by atoms with Crippen molar-refractivity contribution in [2.75, 3.05) is 0 Å². The van der Waals surface area contributed by atoms with Gasteiger partial charge in [-0.15, -0.1) is 0 Å². The number of aromatic nitrogens is 18. The molecule has 720 valence electrons. The van der Waals surface area contributed by atoms with E-state index < -0.39 is 60.0 Å². The minimum atomic E-state index is -2.56. The standard InChI is InChI=1S/4C17H19F2N3O.2C17H20FN3O/c4*18-17(19)5-3-11(4-6-17)15(23)8-13-16-12(2-1-7-21-16)14-9-20-10-22(13)14;2*18-17-6-12-13(8-20-17)15-9-19-10-21(15)14(12)7-16(22)11-4-2-1-3-5-11/h4*1-2,7,9-11,13,15,23H,3-6,8H2;2*6,8-11,14,16,22H,1-5,7H2. The molecule has 24 rings (SSSR count). The van der Waals surface area contributed by atoms with Crippen LogP contribution in [-0.4, -0.2) is 178 Å². The van der Waals surface area contributed by atoms with E-state index >= 15 is 0 Å². The second kappa shape index (κ2) is 40.0. The Kier molecular flexibility index (Phi) is 27.7. The van der Waals surface area contributed by atoms with E-state index in [0.717, 1.165) is 127 Å². The maximum atomic E-state index is 13.6. The summed E-state index contributed by atoms with van der Waals surface area (Å²) in [5.74, 6) is -10.7. The van der Waals surface area contributed by atoms with Crippen molar-refractivity contribution in [1.29, 1.82) is 0 Å². The van der Waals surface area contributed by atoms with Crippen molar-refractivity contribution in [1.82, 2.24) is 87.2 Å². The van der Waals surface area contributed by atoms with Crippen molar-refractivity contribution in [2.24, 2.45) is 35.5 Å². The maximum Gasteiger partial charge on any atom is 0.248 e. The Morgan fingerprint density at radius 1 is 0.265 bits per heavy atom. The zero-order valence-electron chi connectivity index (χ0n) is 75.7. The lowest BCUT2D eigenvalue weighted by Gasteiger charge is -2.32. The summed E-state index contributed by atoms with van der Waals surface area (Å²) in [6, 6.07) is 18.2. The fourth-order valence-corrected chi connectivity index (χ4v) is 23.6. The molecule has 12 aromatic heterocycles. The van der Waals surface area contributed by atoms with Crippen LogP contribution in [0.2, 0.25) is 0 Å². The van der Waals surface area contributed by atoms with Gasteiger partial charge in [-0.25, -0.2) is 75.0 Å². The SMILES string of the molecule is OC(CC1c2cc(F)ncc2-c2cncn21)C1CCCCC1.OC(CC1c2cc(F)ncc2-c2cncn21)C1CCCCC1.OC(CC1c2ncccc2-c2cncn21)C1CCC(F)(F)CC1.OC(CC1c2ncccc2-c2cncn21)C1CCC(F)(F)CC1.OC(CC1c2ncccc2-c2cncn21)C1CCC(F)(F)CC1.OC(CC1c2ncccc2-c2cncn21)C1CCC(F)(F)CC1.